The molecule has 1 amide bonds. The molecule has 0 aliphatic carbocycles. The first-order chi connectivity index (χ1) is 9.04. The highest BCUT2D eigenvalue weighted by molar-refractivity contribution is 5.93. The highest BCUT2D eigenvalue weighted by Crippen LogP contribution is 2.17. The number of piperidine rings is 1. The van der Waals surface area contributed by atoms with E-state index in [1.54, 1.807) is 6.07 Å². The van der Waals surface area contributed by atoms with Crippen molar-refractivity contribution < 1.29 is 9.90 Å². The van der Waals surface area contributed by atoms with E-state index in [1.807, 2.05) is 19.1 Å². The molecule has 5 nitrogen and oxygen atoms in total. The lowest BCUT2D eigenvalue weighted by Gasteiger charge is -2.28. The summed E-state index contributed by atoms with van der Waals surface area (Å²) in [5.74, 6) is -0.0238. The van der Waals surface area contributed by atoms with Crippen molar-refractivity contribution in [3.8, 4) is 0 Å². The van der Waals surface area contributed by atoms with Crippen LogP contribution in [0.2, 0.25) is 0 Å². The van der Waals surface area contributed by atoms with Crippen molar-refractivity contribution >= 4 is 17.3 Å². The molecule has 0 bridgehead atoms. The number of hydrogen-bond donors (Lipinski definition) is 3. The van der Waals surface area contributed by atoms with Gasteiger partial charge in [0.15, 0.2) is 0 Å². The van der Waals surface area contributed by atoms with Gasteiger partial charge >= 0.3 is 0 Å². The molecule has 2 rings (SSSR count). The Balaban J connectivity index is 1.87. The summed E-state index contributed by atoms with van der Waals surface area (Å²) in [6, 6.07) is 5.44. The summed E-state index contributed by atoms with van der Waals surface area (Å²) in [7, 11) is 0. The number of nitrogens with two attached hydrogens (primary N) is 1. The molecular weight excluding hydrogens is 242 g/mol. The predicted octanol–water partition coefficient (Wildman–Crippen LogP) is 0.972. The van der Waals surface area contributed by atoms with Crippen molar-refractivity contribution in [1.29, 1.82) is 0 Å². The van der Waals surface area contributed by atoms with Crippen molar-refractivity contribution in [2.75, 3.05) is 30.7 Å². The van der Waals surface area contributed by atoms with Gasteiger partial charge in [0, 0.05) is 24.5 Å². The summed E-state index contributed by atoms with van der Waals surface area (Å²) in [4.78, 5) is 14.0. The van der Waals surface area contributed by atoms with Crippen LogP contribution in [-0.4, -0.2) is 41.7 Å². The normalized spacial score (nSPS) is 17.4. The molecule has 1 aromatic carbocycles. The Morgan fingerprint density at radius 3 is 2.79 bits per heavy atom. The Morgan fingerprint density at radius 2 is 2.16 bits per heavy atom. The summed E-state index contributed by atoms with van der Waals surface area (Å²) in [6.07, 6.45) is 1.28. The quantitative estimate of drug-likeness (QED) is 0.710. The first-order valence-electron chi connectivity index (χ1n) is 6.61. The van der Waals surface area contributed by atoms with Gasteiger partial charge in [-0.25, -0.2) is 0 Å². The van der Waals surface area contributed by atoms with E-state index >= 15 is 0 Å². The molecule has 1 heterocycles. The molecule has 0 atom stereocenters. The van der Waals surface area contributed by atoms with Crippen LogP contribution in [0.4, 0.5) is 11.4 Å². The van der Waals surface area contributed by atoms with Gasteiger partial charge in [-0.3, -0.25) is 9.69 Å². The van der Waals surface area contributed by atoms with Gasteiger partial charge in [0.25, 0.3) is 0 Å². The first-order valence-corrected chi connectivity index (χ1v) is 6.61. The maximum atomic E-state index is 12.0. The second-order valence-corrected chi connectivity index (χ2v) is 5.13. The maximum absolute atomic E-state index is 12.0. The van der Waals surface area contributed by atoms with Gasteiger partial charge in [0.1, 0.15) is 0 Å². The second kappa shape index (κ2) is 6.04. The van der Waals surface area contributed by atoms with Gasteiger partial charge < -0.3 is 16.2 Å². The Kier molecular flexibility index (Phi) is 4.39. The number of aliphatic hydroxyl groups excluding tert-OH is 1. The number of hydrogen-bond acceptors (Lipinski definition) is 4. The number of nitrogen functional groups attached to an aromatic ring is 1. The zero-order valence-electron chi connectivity index (χ0n) is 11.2. The summed E-state index contributed by atoms with van der Waals surface area (Å²) in [5.41, 5.74) is 8.13. The Hall–Kier alpha value is -1.59. The number of carbonyl (C=O) groups is 1. The van der Waals surface area contributed by atoms with E-state index in [2.05, 4.69) is 10.2 Å². The fourth-order valence-corrected chi connectivity index (χ4v) is 2.30. The van der Waals surface area contributed by atoms with E-state index in [9.17, 15) is 9.90 Å². The largest absolute Gasteiger partial charge is 0.399 e. The number of likely N-dealkylation sites (tertiary alicyclic amines) is 1. The van der Waals surface area contributed by atoms with Crippen LogP contribution < -0.4 is 11.1 Å². The first kappa shape index (κ1) is 13.8. The standard InChI is InChI=1S/C14H21N3O2/c1-10-8-11(15)2-3-13(10)16-14(19)9-17-6-4-12(18)5-7-17/h2-3,8,12,18H,4-7,9,15H2,1H3,(H,16,19). The maximum Gasteiger partial charge on any atom is 0.238 e. The smallest absolute Gasteiger partial charge is 0.238 e. The van der Waals surface area contributed by atoms with Crippen LogP contribution in [0.3, 0.4) is 0 Å². The van der Waals surface area contributed by atoms with E-state index < -0.39 is 0 Å². The third kappa shape index (κ3) is 3.94. The molecule has 1 fully saturated rings. The van der Waals surface area contributed by atoms with Crippen LogP contribution in [0.15, 0.2) is 18.2 Å². The molecule has 1 saturated heterocycles. The number of aliphatic hydroxyl groups is 1. The lowest BCUT2D eigenvalue weighted by atomic mass is 10.1. The van der Waals surface area contributed by atoms with E-state index in [0.717, 1.165) is 37.2 Å². The minimum absolute atomic E-state index is 0.0238. The van der Waals surface area contributed by atoms with Crippen LogP contribution in [0.1, 0.15) is 18.4 Å². The summed E-state index contributed by atoms with van der Waals surface area (Å²) < 4.78 is 0. The van der Waals surface area contributed by atoms with Gasteiger partial charge in [-0.2, -0.15) is 0 Å². The second-order valence-electron chi connectivity index (χ2n) is 5.13. The summed E-state index contributed by atoms with van der Waals surface area (Å²) >= 11 is 0. The molecule has 0 unspecified atom stereocenters. The predicted molar refractivity (Wildman–Crippen MR) is 75.9 cm³/mol. The number of benzene rings is 1. The third-order valence-corrected chi connectivity index (χ3v) is 3.45. The molecule has 0 radical (unpaired) electrons. The highest BCUT2D eigenvalue weighted by atomic mass is 16.3. The summed E-state index contributed by atoms with van der Waals surface area (Å²) in [6.45, 7) is 3.84. The van der Waals surface area contributed by atoms with Crippen molar-refractivity contribution in [3.05, 3.63) is 23.8 Å². The SMILES string of the molecule is Cc1cc(N)ccc1NC(=O)CN1CCC(O)CC1. The van der Waals surface area contributed by atoms with Crippen molar-refractivity contribution in [2.24, 2.45) is 0 Å². The number of aryl methyl sites for hydroxylation is 1. The number of nitrogens with zero attached hydrogens (tertiary/aromatic N) is 1. The van der Waals surface area contributed by atoms with Crippen molar-refractivity contribution in [3.63, 3.8) is 0 Å². The fourth-order valence-electron chi connectivity index (χ4n) is 2.30. The Labute approximate surface area is 113 Å². The number of nitrogens with one attached hydrogen (secondary N) is 1. The number of carbonyl (C=O) groups excluding carboxylic acids is 1. The average Bonchev–Trinajstić information content (AvgIpc) is 2.36. The van der Waals surface area contributed by atoms with Gasteiger partial charge in [0.2, 0.25) is 5.91 Å². The number of anilines is 2. The van der Waals surface area contributed by atoms with Crippen LogP contribution in [0, 0.1) is 6.92 Å². The minimum atomic E-state index is -0.210. The van der Waals surface area contributed by atoms with Gasteiger partial charge in [-0.15, -0.1) is 0 Å². The zero-order chi connectivity index (χ0) is 13.8. The topological polar surface area (TPSA) is 78.6 Å². The van der Waals surface area contributed by atoms with Gasteiger partial charge in [-0.1, -0.05) is 0 Å². The number of rotatable bonds is 3. The molecule has 5 heteroatoms. The van der Waals surface area contributed by atoms with Crippen molar-refractivity contribution in [1.82, 2.24) is 4.90 Å². The third-order valence-electron chi connectivity index (χ3n) is 3.45. The lowest BCUT2D eigenvalue weighted by molar-refractivity contribution is -0.117. The zero-order valence-corrected chi connectivity index (χ0v) is 11.2. The minimum Gasteiger partial charge on any atom is -0.399 e. The Morgan fingerprint density at radius 1 is 1.47 bits per heavy atom. The summed E-state index contributed by atoms with van der Waals surface area (Å²) in [5, 5.41) is 12.3. The van der Waals surface area contributed by atoms with Crippen LogP contribution in [-0.2, 0) is 4.79 Å². The molecule has 0 spiro atoms. The average molecular weight is 263 g/mol. The molecule has 0 aromatic heterocycles. The van der Waals surface area contributed by atoms with E-state index in [0.29, 0.717) is 12.2 Å². The van der Waals surface area contributed by atoms with E-state index in [-0.39, 0.29) is 12.0 Å². The fraction of sp³-hybridized carbons (Fsp3) is 0.500. The van der Waals surface area contributed by atoms with E-state index in [1.165, 1.54) is 0 Å². The van der Waals surface area contributed by atoms with Crippen LogP contribution in [0.5, 0.6) is 0 Å². The molecule has 4 N–H and O–H groups in total. The monoisotopic (exact) mass is 263 g/mol. The molecular formula is C14H21N3O2. The van der Waals surface area contributed by atoms with Crippen LogP contribution in [0.25, 0.3) is 0 Å². The molecule has 1 aliphatic rings. The van der Waals surface area contributed by atoms with Gasteiger partial charge in [-0.05, 0) is 43.5 Å². The van der Waals surface area contributed by atoms with Crippen LogP contribution >= 0.6 is 0 Å². The number of amides is 1. The molecule has 1 aromatic rings. The molecule has 1 aliphatic heterocycles. The lowest BCUT2D eigenvalue weighted by Crippen LogP contribution is -2.40. The van der Waals surface area contributed by atoms with Gasteiger partial charge in [0.05, 0.1) is 12.6 Å². The van der Waals surface area contributed by atoms with E-state index in [4.69, 9.17) is 5.73 Å². The molecule has 0 saturated carbocycles. The highest BCUT2D eigenvalue weighted by Gasteiger charge is 2.19. The molecule has 104 valence electrons. The Bertz CT molecular complexity index is 454. The van der Waals surface area contributed by atoms with Crippen molar-refractivity contribution in [2.45, 2.75) is 25.9 Å². The molecule has 19 heavy (non-hydrogen) atoms.